The molecule has 1 aliphatic heterocycles. The van der Waals surface area contributed by atoms with Crippen LogP contribution < -0.4 is 10.6 Å². The molecule has 1 aromatic carbocycles. The molecule has 7 nitrogen and oxygen atoms in total. The summed E-state index contributed by atoms with van der Waals surface area (Å²) in [5.41, 5.74) is 0.831. The van der Waals surface area contributed by atoms with Crippen LogP contribution in [-0.2, 0) is 14.8 Å². The molecule has 9 heteroatoms. The van der Waals surface area contributed by atoms with Gasteiger partial charge in [-0.1, -0.05) is 25.1 Å². The molecule has 1 atom stereocenters. The minimum atomic E-state index is -3.58. The van der Waals surface area contributed by atoms with Crippen LogP contribution in [0.15, 0.2) is 46.0 Å². The average Bonchev–Trinajstić information content (AvgIpc) is 3.28. The zero-order valence-electron chi connectivity index (χ0n) is 16.3. The minimum Gasteiger partial charge on any atom is -0.352 e. The highest BCUT2D eigenvalue weighted by atomic mass is 32.2. The molecule has 2 N–H and O–H groups in total. The summed E-state index contributed by atoms with van der Waals surface area (Å²) in [7, 11) is -3.58. The van der Waals surface area contributed by atoms with Gasteiger partial charge in [-0.25, -0.2) is 8.42 Å². The number of carbonyl (C=O) groups is 2. The van der Waals surface area contributed by atoms with E-state index in [2.05, 4.69) is 10.6 Å². The first kappa shape index (κ1) is 21.5. The molecule has 156 valence electrons. The number of sulfonamides is 1. The first-order valence-electron chi connectivity index (χ1n) is 9.65. The summed E-state index contributed by atoms with van der Waals surface area (Å²) in [6, 6.07) is 10.1. The summed E-state index contributed by atoms with van der Waals surface area (Å²) in [6.07, 6.45) is 2.03. The molecule has 0 bridgehead atoms. The molecule has 3 rings (SSSR count). The van der Waals surface area contributed by atoms with Crippen LogP contribution in [0.5, 0.6) is 0 Å². The SMILES string of the molecule is CCCNC(=O)c1ccccc1NC(=O)C1CCCN(S(=O)(=O)c2cccs2)C1. The van der Waals surface area contributed by atoms with Crippen LogP contribution in [0.1, 0.15) is 36.5 Å². The molecule has 0 aliphatic carbocycles. The van der Waals surface area contributed by atoms with Crippen LogP contribution in [-0.4, -0.2) is 44.2 Å². The van der Waals surface area contributed by atoms with Gasteiger partial charge in [0.25, 0.3) is 15.9 Å². The normalized spacial score (nSPS) is 17.6. The maximum absolute atomic E-state index is 12.9. The topological polar surface area (TPSA) is 95.6 Å². The number of para-hydroxylation sites is 1. The van der Waals surface area contributed by atoms with E-state index in [4.69, 9.17) is 0 Å². The van der Waals surface area contributed by atoms with Crippen LogP contribution in [0.3, 0.4) is 0 Å². The number of piperidine rings is 1. The van der Waals surface area contributed by atoms with E-state index in [1.165, 1.54) is 15.6 Å². The highest BCUT2D eigenvalue weighted by molar-refractivity contribution is 7.91. The van der Waals surface area contributed by atoms with Gasteiger partial charge in [0.15, 0.2) is 0 Å². The number of anilines is 1. The van der Waals surface area contributed by atoms with Crippen LogP contribution in [0.25, 0.3) is 0 Å². The summed E-state index contributed by atoms with van der Waals surface area (Å²) in [6.45, 7) is 3.06. The first-order valence-corrected chi connectivity index (χ1v) is 12.0. The fourth-order valence-electron chi connectivity index (χ4n) is 3.27. The molecule has 2 aromatic rings. The molecule has 0 saturated carbocycles. The second kappa shape index (κ2) is 9.51. The zero-order valence-corrected chi connectivity index (χ0v) is 17.9. The first-order chi connectivity index (χ1) is 13.9. The fourth-order valence-corrected chi connectivity index (χ4v) is 5.94. The number of nitrogens with zero attached hydrogens (tertiary/aromatic N) is 1. The number of hydrogen-bond acceptors (Lipinski definition) is 5. The summed E-state index contributed by atoms with van der Waals surface area (Å²) in [5, 5.41) is 7.36. The van der Waals surface area contributed by atoms with Crippen LogP contribution in [0, 0.1) is 5.92 Å². The van der Waals surface area contributed by atoms with E-state index >= 15 is 0 Å². The maximum Gasteiger partial charge on any atom is 0.253 e. The molecular weight excluding hydrogens is 410 g/mol. The lowest BCUT2D eigenvalue weighted by Gasteiger charge is -2.30. The number of carbonyl (C=O) groups excluding carboxylic acids is 2. The third-order valence-corrected chi connectivity index (χ3v) is 8.05. The Kier molecular flexibility index (Phi) is 7.05. The molecule has 2 heterocycles. The predicted molar refractivity (Wildman–Crippen MR) is 113 cm³/mol. The van der Waals surface area contributed by atoms with Crippen LogP contribution in [0.2, 0.25) is 0 Å². The smallest absolute Gasteiger partial charge is 0.253 e. The molecule has 0 radical (unpaired) electrons. The maximum atomic E-state index is 12.9. The summed E-state index contributed by atoms with van der Waals surface area (Å²) in [5.74, 6) is -0.981. The summed E-state index contributed by atoms with van der Waals surface area (Å²) in [4.78, 5) is 25.2. The zero-order chi connectivity index (χ0) is 20.9. The van der Waals surface area contributed by atoms with E-state index in [0.717, 1.165) is 6.42 Å². The van der Waals surface area contributed by atoms with Gasteiger partial charge in [0, 0.05) is 19.6 Å². The highest BCUT2D eigenvalue weighted by Crippen LogP contribution is 2.27. The van der Waals surface area contributed by atoms with Crippen molar-refractivity contribution >= 4 is 38.9 Å². The number of benzene rings is 1. The lowest BCUT2D eigenvalue weighted by molar-refractivity contribution is -0.120. The number of thiophene rings is 1. The largest absolute Gasteiger partial charge is 0.352 e. The molecular formula is C20H25N3O4S2. The van der Waals surface area contributed by atoms with Crippen molar-refractivity contribution in [1.29, 1.82) is 0 Å². The van der Waals surface area contributed by atoms with Gasteiger partial charge in [0.1, 0.15) is 4.21 Å². The van der Waals surface area contributed by atoms with Gasteiger partial charge in [-0.05, 0) is 42.8 Å². The summed E-state index contributed by atoms with van der Waals surface area (Å²) < 4.78 is 27.2. The van der Waals surface area contributed by atoms with Gasteiger partial charge in [-0.15, -0.1) is 11.3 Å². The molecule has 1 fully saturated rings. The third-order valence-electron chi connectivity index (χ3n) is 4.81. The number of amides is 2. The predicted octanol–water partition coefficient (Wildman–Crippen LogP) is 2.93. The molecule has 1 unspecified atom stereocenters. The molecule has 1 aliphatic rings. The van der Waals surface area contributed by atoms with Gasteiger partial charge < -0.3 is 10.6 Å². The molecule has 0 spiro atoms. The monoisotopic (exact) mass is 435 g/mol. The Morgan fingerprint density at radius 1 is 1.21 bits per heavy atom. The Balaban J connectivity index is 1.71. The number of hydrogen-bond donors (Lipinski definition) is 2. The van der Waals surface area contributed by atoms with E-state index < -0.39 is 15.9 Å². The van der Waals surface area contributed by atoms with Gasteiger partial charge >= 0.3 is 0 Å². The van der Waals surface area contributed by atoms with Crippen molar-refractivity contribution in [3.05, 3.63) is 47.3 Å². The van der Waals surface area contributed by atoms with E-state index in [0.29, 0.717) is 37.2 Å². The van der Waals surface area contributed by atoms with Gasteiger partial charge in [0.2, 0.25) is 5.91 Å². The van der Waals surface area contributed by atoms with E-state index in [1.807, 2.05) is 6.92 Å². The molecule has 29 heavy (non-hydrogen) atoms. The van der Waals surface area contributed by atoms with Crippen molar-refractivity contribution in [2.45, 2.75) is 30.4 Å². The van der Waals surface area contributed by atoms with Crippen molar-refractivity contribution in [2.24, 2.45) is 5.92 Å². The quantitative estimate of drug-likeness (QED) is 0.699. The van der Waals surface area contributed by atoms with Crippen molar-refractivity contribution in [1.82, 2.24) is 9.62 Å². The van der Waals surface area contributed by atoms with Crippen molar-refractivity contribution in [3.63, 3.8) is 0 Å². The molecule has 2 amide bonds. The lowest BCUT2D eigenvalue weighted by Crippen LogP contribution is -2.43. The summed E-state index contributed by atoms with van der Waals surface area (Å²) >= 11 is 1.17. The number of nitrogens with one attached hydrogen (secondary N) is 2. The second-order valence-electron chi connectivity index (χ2n) is 6.93. The fraction of sp³-hybridized carbons (Fsp3) is 0.400. The van der Waals surface area contributed by atoms with Crippen molar-refractivity contribution < 1.29 is 18.0 Å². The lowest BCUT2D eigenvalue weighted by atomic mass is 9.98. The standard InChI is InChI=1S/C20H25N3O4S2/c1-2-11-21-20(25)16-8-3-4-9-17(16)22-19(24)15-7-5-12-23(14-15)29(26,27)18-10-6-13-28-18/h3-4,6,8-10,13,15H,2,5,7,11-12,14H2,1H3,(H,21,25)(H,22,24). The highest BCUT2D eigenvalue weighted by Gasteiger charge is 2.34. The van der Waals surface area contributed by atoms with Crippen molar-refractivity contribution in [2.75, 3.05) is 25.0 Å². The van der Waals surface area contributed by atoms with E-state index in [1.54, 1.807) is 41.8 Å². The Morgan fingerprint density at radius 3 is 2.72 bits per heavy atom. The van der Waals surface area contributed by atoms with Gasteiger partial charge in [-0.3, -0.25) is 9.59 Å². The molecule has 1 saturated heterocycles. The Hall–Kier alpha value is -2.23. The molecule has 1 aromatic heterocycles. The average molecular weight is 436 g/mol. The van der Waals surface area contributed by atoms with Crippen LogP contribution >= 0.6 is 11.3 Å². The third kappa shape index (κ3) is 5.04. The van der Waals surface area contributed by atoms with Gasteiger partial charge in [0.05, 0.1) is 17.2 Å². The second-order valence-corrected chi connectivity index (χ2v) is 10.0. The Morgan fingerprint density at radius 2 is 2.00 bits per heavy atom. The minimum absolute atomic E-state index is 0.135. The Bertz CT molecular complexity index is 958. The van der Waals surface area contributed by atoms with Gasteiger partial charge in [-0.2, -0.15) is 4.31 Å². The van der Waals surface area contributed by atoms with E-state index in [9.17, 15) is 18.0 Å². The van der Waals surface area contributed by atoms with Crippen molar-refractivity contribution in [3.8, 4) is 0 Å². The van der Waals surface area contributed by atoms with E-state index in [-0.39, 0.29) is 22.6 Å². The number of rotatable bonds is 7. The Labute approximate surface area is 175 Å². The van der Waals surface area contributed by atoms with Crippen LogP contribution in [0.4, 0.5) is 5.69 Å².